The summed E-state index contributed by atoms with van der Waals surface area (Å²) >= 11 is 1.51. The highest BCUT2D eigenvalue weighted by atomic mass is 32.1. The number of benzene rings is 2. The summed E-state index contributed by atoms with van der Waals surface area (Å²) in [7, 11) is 0. The molecule has 2 aromatic carbocycles. The van der Waals surface area contributed by atoms with Gasteiger partial charge in [-0.15, -0.1) is 11.3 Å². The van der Waals surface area contributed by atoms with E-state index in [2.05, 4.69) is 10.3 Å². The van der Waals surface area contributed by atoms with Crippen LogP contribution in [0.1, 0.15) is 11.3 Å². The average molecular weight is 365 g/mol. The van der Waals surface area contributed by atoms with Crippen molar-refractivity contribution < 1.29 is 9.18 Å². The van der Waals surface area contributed by atoms with Crippen LogP contribution < -0.4 is 5.32 Å². The van der Waals surface area contributed by atoms with Gasteiger partial charge in [0.1, 0.15) is 5.82 Å². The summed E-state index contributed by atoms with van der Waals surface area (Å²) in [6.07, 6.45) is 2.17. The number of hydrogen-bond donors (Lipinski definition) is 1. The number of aromatic nitrogens is 2. The van der Waals surface area contributed by atoms with Crippen molar-refractivity contribution in [3.8, 4) is 11.3 Å². The number of fused-ring (bicyclic) bond motifs is 1. The number of rotatable bonds is 4. The maximum absolute atomic E-state index is 13.2. The standard InChI is InChI=1S/C20H16FN3OS/c1-13-9-15(21)7-8-17(13)22-19(25)10-16-12-26-20-23-18(11-24(16)20)14-5-3-2-4-6-14/h2-9,11-12H,10H2,1H3,(H,22,25). The van der Waals surface area contributed by atoms with Gasteiger partial charge in [0.05, 0.1) is 12.1 Å². The quantitative estimate of drug-likeness (QED) is 0.570. The van der Waals surface area contributed by atoms with Crippen molar-refractivity contribution in [3.63, 3.8) is 0 Å². The molecule has 1 N–H and O–H groups in total. The Morgan fingerprint density at radius 3 is 2.81 bits per heavy atom. The van der Waals surface area contributed by atoms with Crippen LogP contribution in [0.5, 0.6) is 0 Å². The average Bonchev–Trinajstić information content (AvgIpc) is 3.20. The Labute approximate surface area is 153 Å². The number of imidazole rings is 1. The van der Waals surface area contributed by atoms with E-state index in [0.717, 1.165) is 21.9 Å². The number of carbonyl (C=O) groups is 1. The lowest BCUT2D eigenvalue weighted by Gasteiger charge is -2.08. The van der Waals surface area contributed by atoms with Gasteiger partial charge in [-0.3, -0.25) is 9.20 Å². The minimum absolute atomic E-state index is 0.144. The highest BCUT2D eigenvalue weighted by Crippen LogP contribution is 2.24. The summed E-state index contributed by atoms with van der Waals surface area (Å²) in [5.41, 5.74) is 4.12. The van der Waals surface area contributed by atoms with Crippen LogP contribution in [0.3, 0.4) is 0 Å². The van der Waals surface area contributed by atoms with Crippen molar-refractivity contribution in [1.82, 2.24) is 9.38 Å². The molecule has 0 aliphatic heterocycles. The van der Waals surface area contributed by atoms with Gasteiger partial charge in [0.25, 0.3) is 0 Å². The molecule has 0 unspecified atom stereocenters. The Hall–Kier alpha value is -2.99. The van der Waals surface area contributed by atoms with E-state index in [4.69, 9.17) is 0 Å². The maximum Gasteiger partial charge on any atom is 0.230 e. The van der Waals surface area contributed by atoms with Crippen LogP contribution in [-0.4, -0.2) is 15.3 Å². The molecule has 2 heterocycles. The van der Waals surface area contributed by atoms with Crippen molar-refractivity contribution in [2.75, 3.05) is 5.32 Å². The molecule has 0 spiro atoms. The molecule has 0 radical (unpaired) electrons. The smallest absolute Gasteiger partial charge is 0.230 e. The Balaban J connectivity index is 1.55. The van der Waals surface area contributed by atoms with Crippen molar-refractivity contribution in [1.29, 1.82) is 0 Å². The zero-order valence-corrected chi connectivity index (χ0v) is 14.9. The number of halogens is 1. The summed E-state index contributed by atoms with van der Waals surface area (Å²) in [5, 5.41) is 4.78. The molecule has 130 valence electrons. The third-order valence-electron chi connectivity index (χ3n) is 4.16. The molecule has 0 fully saturated rings. The van der Waals surface area contributed by atoms with Crippen molar-refractivity contribution in [2.24, 2.45) is 0 Å². The number of hydrogen-bond acceptors (Lipinski definition) is 3. The Morgan fingerprint density at radius 2 is 2.04 bits per heavy atom. The monoisotopic (exact) mass is 365 g/mol. The number of nitrogens with one attached hydrogen (secondary N) is 1. The largest absolute Gasteiger partial charge is 0.326 e. The van der Waals surface area contributed by atoms with E-state index >= 15 is 0 Å². The molecule has 26 heavy (non-hydrogen) atoms. The predicted molar refractivity (Wildman–Crippen MR) is 102 cm³/mol. The maximum atomic E-state index is 13.2. The van der Waals surface area contributed by atoms with E-state index in [9.17, 15) is 9.18 Å². The minimum atomic E-state index is -0.313. The van der Waals surface area contributed by atoms with Gasteiger partial charge in [-0.1, -0.05) is 30.3 Å². The highest BCUT2D eigenvalue weighted by Gasteiger charge is 2.13. The number of carbonyl (C=O) groups excluding carboxylic acids is 1. The van der Waals surface area contributed by atoms with Gasteiger partial charge < -0.3 is 5.32 Å². The molecule has 0 saturated heterocycles. The number of amides is 1. The van der Waals surface area contributed by atoms with E-state index < -0.39 is 0 Å². The van der Waals surface area contributed by atoms with Crippen molar-refractivity contribution in [3.05, 3.63) is 77.2 Å². The minimum Gasteiger partial charge on any atom is -0.326 e. The van der Waals surface area contributed by atoms with Crippen LogP contribution in [0, 0.1) is 12.7 Å². The van der Waals surface area contributed by atoms with Gasteiger partial charge in [-0.25, -0.2) is 9.37 Å². The van der Waals surface area contributed by atoms with Crippen LogP contribution >= 0.6 is 11.3 Å². The van der Waals surface area contributed by atoms with Gasteiger partial charge in [0.2, 0.25) is 5.91 Å². The highest BCUT2D eigenvalue weighted by molar-refractivity contribution is 7.15. The fourth-order valence-corrected chi connectivity index (χ4v) is 3.70. The fourth-order valence-electron chi connectivity index (χ4n) is 2.83. The summed E-state index contributed by atoms with van der Waals surface area (Å²) in [6.45, 7) is 1.77. The number of thiazole rings is 1. The third kappa shape index (κ3) is 3.23. The van der Waals surface area contributed by atoms with E-state index in [1.807, 2.05) is 46.3 Å². The Kier molecular flexibility index (Phi) is 4.26. The summed E-state index contributed by atoms with van der Waals surface area (Å²) in [5.74, 6) is -0.457. The zero-order valence-electron chi connectivity index (χ0n) is 14.1. The molecular formula is C20H16FN3OS. The molecule has 0 saturated carbocycles. The van der Waals surface area contributed by atoms with Crippen LogP contribution in [0.25, 0.3) is 16.2 Å². The molecular weight excluding hydrogens is 349 g/mol. The lowest BCUT2D eigenvalue weighted by molar-refractivity contribution is -0.115. The lowest BCUT2D eigenvalue weighted by atomic mass is 10.2. The van der Waals surface area contributed by atoms with Gasteiger partial charge in [0.15, 0.2) is 4.96 Å². The second-order valence-electron chi connectivity index (χ2n) is 6.06. The summed E-state index contributed by atoms with van der Waals surface area (Å²) < 4.78 is 15.1. The van der Waals surface area contributed by atoms with Crippen LogP contribution in [0.2, 0.25) is 0 Å². The third-order valence-corrected chi connectivity index (χ3v) is 5.05. The van der Waals surface area contributed by atoms with Crippen molar-refractivity contribution in [2.45, 2.75) is 13.3 Å². The molecule has 1 amide bonds. The molecule has 6 heteroatoms. The summed E-state index contributed by atoms with van der Waals surface area (Å²) in [6, 6.07) is 14.3. The van der Waals surface area contributed by atoms with E-state index in [1.54, 1.807) is 13.0 Å². The van der Waals surface area contributed by atoms with E-state index in [-0.39, 0.29) is 18.1 Å². The van der Waals surface area contributed by atoms with Gasteiger partial charge >= 0.3 is 0 Å². The van der Waals surface area contributed by atoms with Crippen molar-refractivity contribution >= 4 is 27.9 Å². The predicted octanol–water partition coefficient (Wildman–Crippen LogP) is 4.69. The van der Waals surface area contributed by atoms with E-state index in [1.165, 1.54) is 23.5 Å². The second kappa shape index (κ2) is 6.72. The van der Waals surface area contributed by atoms with Gasteiger partial charge in [-0.05, 0) is 30.7 Å². The first-order chi connectivity index (χ1) is 12.6. The Bertz CT molecular complexity index is 1090. The van der Waals surface area contributed by atoms with Crippen LogP contribution in [-0.2, 0) is 11.2 Å². The molecule has 0 aliphatic carbocycles. The molecule has 4 aromatic rings. The Morgan fingerprint density at radius 1 is 1.23 bits per heavy atom. The normalized spacial score (nSPS) is 11.0. The van der Waals surface area contributed by atoms with Gasteiger partial charge in [-0.2, -0.15) is 0 Å². The number of aryl methyl sites for hydroxylation is 1. The molecule has 2 aromatic heterocycles. The lowest BCUT2D eigenvalue weighted by Crippen LogP contribution is -2.16. The van der Waals surface area contributed by atoms with Gasteiger partial charge in [0, 0.05) is 28.5 Å². The summed E-state index contributed by atoms with van der Waals surface area (Å²) in [4.78, 5) is 17.9. The molecule has 4 rings (SSSR count). The topological polar surface area (TPSA) is 46.4 Å². The first kappa shape index (κ1) is 16.5. The number of anilines is 1. The van der Waals surface area contributed by atoms with Crippen LogP contribution in [0.4, 0.5) is 10.1 Å². The molecule has 0 bridgehead atoms. The molecule has 4 nitrogen and oxygen atoms in total. The second-order valence-corrected chi connectivity index (χ2v) is 6.89. The molecule has 0 aliphatic rings. The number of nitrogens with zero attached hydrogens (tertiary/aromatic N) is 2. The first-order valence-electron chi connectivity index (χ1n) is 8.17. The fraction of sp³-hybridized carbons (Fsp3) is 0.100. The SMILES string of the molecule is Cc1cc(F)ccc1NC(=O)Cc1csc2nc(-c3ccccc3)cn12. The van der Waals surface area contributed by atoms with E-state index in [0.29, 0.717) is 11.3 Å². The molecule has 0 atom stereocenters. The first-order valence-corrected chi connectivity index (χ1v) is 9.05. The van der Waals surface area contributed by atoms with Crippen LogP contribution in [0.15, 0.2) is 60.1 Å². The zero-order chi connectivity index (χ0) is 18.1.